The van der Waals surface area contributed by atoms with E-state index in [9.17, 15) is 8.42 Å². The van der Waals surface area contributed by atoms with Gasteiger partial charge in [0.1, 0.15) is 0 Å². The number of thioether (sulfide) groups is 1. The summed E-state index contributed by atoms with van der Waals surface area (Å²) in [6, 6.07) is 1.51. The zero-order chi connectivity index (χ0) is 10.0. The third-order valence-corrected chi connectivity index (χ3v) is 4.63. The zero-order valence-corrected chi connectivity index (χ0v) is 9.07. The molecule has 0 saturated carbocycles. The van der Waals surface area contributed by atoms with Crippen molar-refractivity contribution in [3.8, 4) is 0 Å². The van der Waals surface area contributed by atoms with E-state index in [-0.39, 0.29) is 11.1 Å². The number of nitrogens with one attached hydrogen (secondary N) is 2. The second-order valence-corrected chi connectivity index (χ2v) is 5.93. The Morgan fingerprint density at radius 2 is 2.50 bits per heavy atom. The van der Waals surface area contributed by atoms with Crippen LogP contribution in [-0.2, 0) is 10.0 Å². The maximum atomic E-state index is 11.7. The molecule has 1 unspecified atom stereocenters. The van der Waals surface area contributed by atoms with Crippen molar-refractivity contribution >= 4 is 21.8 Å². The van der Waals surface area contributed by atoms with Gasteiger partial charge in [0, 0.05) is 11.8 Å². The molecular formula is C7H11N3O2S2. The second-order valence-electron chi connectivity index (χ2n) is 3.10. The van der Waals surface area contributed by atoms with Gasteiger partial charge in [-0.2, -0.15) is 16.9 Å². The lowest BCUT2D eigenvalue weighted by Gasteiger charge is -2.09. The third kappa shape index (κ3) is 2.10. The number of hydrogen-bond donors (Lipinski definition) is 2. The normalized spacial score (nSPS) is 22.7. The molecule has 78 valence electrons. The molecule has 14 heavy (non-hydrogen) atoms. The lowest BCUT2D eigenvalue weighted by molar-refractivity contribution is 0.559. The molecule has 0 amide bonds. The van der Waals surface area contributed by atoms with E-state index in [0.29, 0.717) is 0 Å². The first-order chi connectivity index (χ1) is 6.68. The van der Waals surface area contributed by atoms with Gasteiger partial charge in [0.2, 0.25) is 0 Å². The Bertz CT molecular complexity index is 381. The van der Waals surface area contributed by atoms with E-state index in [0.717, 1.165) is 17.9 Å². The summed E-state index contributed by atoms with van der Waals surface area (Å²) in [5.41, 5.74) is 0. The summed E-state index contributed by atoms with van der Waals surface area (Å²) in [5, 5.41) is 6.19. The van der Waals surface area contributed by atoms with E-state index in [1.54, 1.807) is 11.8 Å². The fourth-order valence-corrected chi connectivity index (χ4v) is 3.74. The van der Waals surface area contributed by atoms with E-state index >= 15 is 0 Å². The molecule has 0 spiro atoms. The zero-order valence-electron chi connectivity index (χ0n) is 7.43. The number of rotatable bonds is 3. The maximum absolute atomic E-state index is 11.7. The van der Waals surface area contributed by atoms with Crippen LogP contribution in [0.4, 0.5) is 0 Å². The fourth-order valence-electron chi connectivity index (χ4n) is 1.30. The number of sulfonamides is 1. The summed E-state index contributed by atoms with van der Waals surface area (Å²) >= 11 is 1.77. The lowest BCUT2D eigenvalue weighted by Crippen LogP contribution is -2.34. The van der Waals surface area contributed by atoms with Gasteiger partial charge in [-0.1, -0.05) is 0 Å². The Morgan fingerprint density at radius 3 is 3.07 bits per heavy atom. The van der Waals surface area contributed by atoms with Gasteiger partial charge in [0.25, 0.3) is 10.0 Å². The first kappa shape index (κ1) is 10.0. The molecule has 1 aliphatic rings. The molecule has 2 N–H and O–H groups in total. The quantitative estimate of drug-likeness (QED) is 0.781. The number of nitrogens with zero attached hydrogens (tertiary/aromatic N) is 1. The van der Waals surface area contributed by atoms with E-state index in [2.05, 4.69) is 14.9 Å². The molecule has 0 aliphatic carbocycles. The summed E-state index contributed by atoms with van der Waals surface area (Å²) < 4.78 is 26.0. The minimum absolute atomic E-state index is 0.0632. The minimum atomic E-state index is -3.38. The molecule has 0 bridgehead atoms. The van der Waals surface area contributed by atoms with Crippen molar-refractivity contribution in [1.82, 2.24) is 14.9 Å². The number of H-pyrrole nitrogens is 1. The van der Waals surface area contributed by atoms with Gasteiger partial charge in [-0.25, -0.2) is 13.1 Å². The fraction of sp³-hybridized carbons (Fsp3) is 0.571. The topological polar surface area (TPSA) is 74.8 Å². The predicted octanol–water partition coefficient (Wildman–Crippen LogP) is 0.194. The van der Waals surface area contributed by atoms with Gasteiger partial charge in [-0.05, 0) is 18.2 Å². The highest BCUT2D eigenvalue weighted by atomic mass is 32.2. The average molecular weight is 233 g/mol. The van der Waals surface area contributed by atoms with Crippen molar-refractivity contribution in [3.05, 3.63) is 12.3 Å². The summed E-state index contributed by atoms with van der Waals surface area (Å²) in [6.45, 7) is 0. The molecule has 0 radical (unpaired) electrons. The van der Waals surface area contributed by atoms with Crippen molar-refractivity contribution in [1.29, 1.82) is 0 Å². The van der Waals surface area contributed by atoms with Crippen LogP contribution < -0.4 is 4.72 Å². The molecular weight excluding hydrogens is 222 g/mol. The molecule has 1 saturated heterocycles. The van der Waals surface area contributed by atoms with Crippen LogP contribution in [0.1, 0.15) is 6.42 Å². The summed E-state index contributed by atoms with van der Waals surface area (Å²) in [5.74, 6) is 1.88. The van der Waals surface area contributed by atoms with Crippen LogP contribution in [0.2, 0.25) is 0 Å². The summed E-state index contributed by atoms with van der Waals surface area (Å²) in [6.07, 6.45) is 2.33. The monoisotopic (exact) mass is 233 g/mol. The van der Waals surface area contributed by atoms with Crippen LogP contribution >= 0.6 is 11.8 Å². The average Bonchev–Trinajstić information content (AvgIpc) is 2.71. The molecule has 1 atom stereocenters. The van der Waals surface area contributed by atoms with Gasteiger partial charge >= 0.3 is 0 Å². The number of aromatic nitrogens is 2. The molecule has 7 heteroatoms. The van der Waals surface area contributed by atoms with Gasteiger partial charge in [-0.15, -0.1) is 0 Å². The second kappa shape index (κ2) is 3.92. The van der Waals surface area contributed by atoms with Crippen molar-refractivity contribution < 1.29 is 8.42 Å². The van der Waals surface area contributed by atoms with Gasteiger partial charge in [0.15, 0.2) is 5.03 Å². The number of aromatic amines is 1. The minimum Gasteiger partial charge on any atom is -0.266 e. The third-order valence-electron chi connectivity index (χ3n) is 2.02. The Balaban J connectivity index is 2.09. The highest BCUT2D eigenvalue weighted by Gasteiger charge is 2.23. The molecule has 1 aromatic heterocycles. The Morgan fingerprint density at radius 1 is 1.64 bits per heavy atom. The van der Waals surface area contributed by atoms with Crippen LogP contribution in [-0.4, -0.2) is 36.2 Å². The maximum Gasteiger partial charge on any atom is 0.257 e. The SMILES string of the molecule is O=S(=O)(NC1CCSC1)c1ccn[nH]1. The number of hydrogen-bond acceptors (Lipinski definition) is 4. The Labute approximate surface area is 86.7 Å². The van der Waals surface area contributed by atoms with E-state index in [1.807, 2.05) is 0 Å². The smallest absolute Gasteiger partial charge is 0.257 e. The van der Waals surface area contributed by atoms with Gasteiger partial charge in [-0.3, -0.25) is 5.10 Å². The lowest BCUT2D eigenvalue weighted by atomic mass is 10.3. The van der Waals surface area contributed by atoms with E-state index in [4.69, 9.17) is 0 Å². The van der Waals surface area contributed by atoms with Crippen molar-refractivity contribution in [3.63, 3.8) is 0 Å². The Hall–Kier alpha value is -0.530. The molecule has 1 fully saturated rings. The molecule has 0 aromatic carbocycles. The van der Waals surface area contributed by atoms with E-state index in [1.165, 1.54) is 12.3 Å². The van der Waals surface area contributed by atoms with Crippen LogP contribution in [0.3, 0.4) is 0 Å². The molecule has 1 aromatic rings. The highest BCUT2D eigenvalue weighted by Crippen LogP contribution is 2.18. The van der Waals surface area contributed by atoms with Gasteiger partial charge in [0.05, 0.1) is 6.20 Å². The Kier molecular flexibility index (Phi) is 2.80. The highest BCUT2D eigenvalue weighted by molar-refractivity contribution is 7.99. The molecule has 2 rings (SSSR count). The molecule has 5 nitrogen and oxygen atoms in total. The summed E-state index contributed by atoms with van der Waals surface area (Å²) in [7, 11) is -3.38. The first-order valence-corrected chi connectivity index (χ1v) is 6.92. The predicted molar refractivity (Wildman–Crippen MR) is 54.6 cm³/mol. The molecule has 1 aliphatic heterocycles. The first-order valence-electron chi connectivity index (χ1n) is 4.28. The van der Waals surface area contributed by atoms with Crippen LogP contribution in [0.25, 0.3) is 0 Å². The van der Waals surface area contributed by atoms with Crippen molar-refractivity contribution in [2.75, 3.05) is 11.5 Å². The summed E-state index contributed by atoms with van der Waals surface area (Å²) in [4.78, 5) is 0. The van der Waals surface area contributed by atoms with Crippen LogP contribution in [0, 0.1) is 0 Å². The van der Waals surface area contributed by atoms with E-state index < -0.39 is 10.0 Å². The van der Waals surface area contributed by atoms with Gasteiger partial charge < -0.3 is 0 Å². The van der Waals surface area contributed by atoms with Crippen molar-refractivity contribution in [2.24, 2.45) is 0 Å². The van der Waals surface area contributed by atoms with Crippen LogP contribution in [0.5, 0.6) is 0 Å². The standard InChI is InChI=1S/C7H11N3O2S2/c11-14(12,7-1-3-8-9-7)10-6-2-4-13-5-6/h1,3,6,10H,2,4-5H2,(H,8,9). The molecule has 2 heterocycles. The van der Waals surface area contributed by atoms with Crippen LogP contribution in [0.15, 0.2) is 17.3 Å². The largest absolute Gasteiger partial charge is 0.266 e. The van der Waals surface area contributed by atoms with Crippen molar-refractivity contribution in [2.45, 2.75) is 17.5 Å².